The first-order chi connectivity index (χ1) is 18.8. The fourth-order valence-electron chi connectivity index (χ4n) is 5.12. The Morgan fingerprint density at radius 1 is 1.21 bits per heavy atom. The van der Waals surface area contributed by atoms with Crippen molar-refractivity contribution in [3.63, 3.8) is 0 Å². The van der Waals surface area contributed by atoms with Gasteiger partial charge in [-0.1, -0.05) is 42.2 Å². The van der Waals surface area contributed by atoms with Crippen LogP contribution in [0.15, 0.2) is 78.9 Å². The minimum Gasteiger partial charge on any atom is -0.507 e. The molecule has 196 valence electrons. The van der Waals surface area contributed by atoms with E-state index in [1.807, 2.05) is 44.2 Å². The van der Waals surface area contributed by atoms with Gasteiger partial charge in [0.1, 0.15) is 30.0 Å². The third kappa shape index (κ3) is 4.36. The average Bonchev–Trinajstić information content (AvgIpc) is 3.59. The molecule has 2 aliphatic heterocycles. The van der Waals surface area contributed by atoms with Gasteiger partial charge >= 0.3 is 5.91 Å². The normalized spacial score (nSPS) is 19.8. The second-order valence-corrected chi connectivity index (χ2v) is 10.8. The first kappa shape index (κ1) is 24.9. The smallest absolute Gasteiger partial charge is 0.301 e. The number of benzene rings is 3. The Morgan fingerprint density at radius 3 is 2.87 bits per heavy atom. The Bertz CT molecular complexity index is 1690. The van der Waals surface area contributed by atoms with Crippen molar-refractivity contribution in [1.29, 1.82) is 0 Å². The number of aliphatic hydroxyl groups excluding tert-OH is 1. The van der Waals surface area contributed by atoms with Gasteiger partial charge in [0.2, 0.25) is 0 Å². The van der Waals surface area contributed by atoms with E-state index in [0.29, 0.717) is 35.0 Å². The second-order valence-electron chi connectivity index (χ2n) is 9.76. The molecule has 0 bridgehead atoms. The molecule has 3 heterocycles. The number of amides is 1. The molecule has 2 aliphatic rings. The number of ether oxygens (including phenoxy) is 2. The molecule has 7 nitrogen and oxygen atoms in total. The Hall–Kier alpha value is -4.43. The summed E-state index contributed by atoms with van der Waals surface area (Å²) in [6, 6.07) is 17.4. The van der Waals surface area contributed by atoms with Crippen molar-refractivity contribution in [1.82, 2.24) is 4.98 Å². The second kappa shape index (κ2) is 9.71. The fraction of sp³-hybridized carbons (Fsp3) is 0.194. The zero-order valence-corrected chi connectivity index (χ0v) is 22.3. The third-order valence-electron chi connectivity index (χ3n) is 6.89. The van der Waals surface area contributed by atoms with Gasteiger partial charge in [-0.25, -0.2) is 4.98 Å². The third-order valence-corrected chi connectivity index (χ3v) is 7.91. The Balaban J connectivity index is 1.53. The number of Topliss-reactive ketones (excluding diaryl/α,β-unsaturated/α-hetero) is 1. The number of aromatic nitrogens is 1. The monoisotopic (exact) mass is 538 g/mol. The van der Waals surface area contributed by atoms with Gasteiger partial charge in [0.15, 0.2) is 5.13 Å². The lowest BCUT2D eigenvalue weighted by Gasteiger charge is -2.23. The van der Waals surface area contributed by atoms with Gasteiger partial charge in [0.25, 0.3) is 5.78 Å². The predicted molar refractivity (Wildman–Crippen MR) is 152 cm³/mol. The summed E-state index contributed by atoms with van der Waals surface area (Å²) in [4.78, 5) is 33.3. The summed E-state index contributed by atoms with van der Waals surface area (Å²) in [7, 11) is 0. The number of anilines is 1. The van der Waals surface area contributed by atoms with Crippen LogP contribution in [0.3, 0.4) is 0 Å². The van der Waals surface area contributed by atoms with E-state index < -0.39 is 17.7 Å². The van der Waals surface area contributed by atoms with Crippen molar-refractivity contribution in [3.05, 3.63) is 101 Å². The number of ketones is 1. The van der Waals surface area contributed by atoms with Crippen LogP contribution in [-0.2, 0) is 16.0 Å². The molecular weight excluding hydrogens is 512 g/mol. The zero-order valence-electron chi connectivity index (χ0n) is 21.5. The highest BCUT2D eigenvalue weighted by molar-refractivity contribution is 7.22. The van der Waals surface area contributed by atoms with Crippen LogP contribution in [0, 0.1) is 6.92 Å². The highest BCUT2D eigenvalue weighted by Crippen LogP contribution is 2.45. The highest BCUT2D eigenvalue weighted by Gasteiger charge is 2.48. The molecule has 1 N–H and O–H groups in total. The van der Waals surface area contributed by atoms with E-state index in [1.165, 1.54) is 16.2 Å². The van der Waals surface area contributed by atoms with E-state index in [9.17, 15) is 14.7 Å². The number of rotatable bonds is 6. The van der Waals surface area contributed by atoms with E-state index >= 15 is 0 Å². The minimum absolute atomic E-state index is 0.00298. The maximum Gasteiger partial charge on any atom is 0.301 e. The molecule has 0 saturated carbocycles. The van der Waals surface area contributed by atoms with Gasteiger partial charge in [-0.2, -0.15) is 0 Å². The molecule has 6 rings (SSSR count). The van der Waals surface area contributed by atoms with E-state index in [1.54, 1.807) is 36.4 Å². The van der Waals surface area contributed by atoms with Crippen LogP contribution in [0.5, 0.6) is 11.5 Å². The standard InChI is InChI=1S/C31H26N2O5S/c1-4-12-37-22-7-5-6-19(16-22)27-26(28(34)20-9-11-24-21(15-20)14-18(3)38-24)29(35)30(36)33(27)31-32-23-10-8-17(2)13-25(23)39-31/h4-11,13,15-16,18,27,34H,1,12,14H2,2-3H3/b28-26+/t18-,27+/m0/s1. The topological polar surface area (TPSA) is 89.0 Å². The maximum absolute atomic E-state index is 13.6. The number of hydrogen-bond acceptors (Lipinski definition) is 7. The van der Waals surface area contributed by atoms with Gasteiger partial charge in [0.05, 0.1) is 21.8 Å². The van der Waals surface area contributed by atoms with Crippen LogP contribution in [0.25, 0.3) is 16.0 Å². The van der Waals surface area contributed by atoms with Crippen LogP contribution >= 0.6 is 11.3 Å². The zero-order chi connectivity index (χ0) is 27.3. The van der Waals surface area contributed by atoms with Crippen molar-refractivity contribution < 1.29 is 24.2 Å². The molecule has 0 radical (unpaired) electrons. The van der Waals surface area contributed by atoms with Crippen LogP contribution in [0.1, 0.15) is 35.2 Å². The Kier molecular flexibility index (Phi) is 6.19. The van der Waals surface area contributed by atoms with Gasteiger partial charge in [-0.05, 0) is 73.0 Å². The number of nitrogens with zero attached hydrogens (tertiary/aromatic N) is 2. The molecule has 4 aromatic rings. The van der Waals surface area contributed by atoms with Gasteiger partial charge in [-0.3, -0.25) is 14.5 Å². The lowest BCUT2D eigenvalue weighted by atomic mass is 9.94. The summed E-state index contributed by atoms with van der Waals surface area (Å²) >= 11 is 1.33. The first-order valence-electron chi connectivity index (χ1n) is 12.7. The number of carbonyl (C=O) groups excluding carboxylic acids is 2. The van der Waals surface area contributed by atoms with Crippen molar-refractivity contribution >= 4 is 44.1 Å². The van der Waals surface area contributed by atoms with E-state index in [4.69, 9.17) is 14.5 Å². The molecule has 1 aromatic heterocycles. The Morgan fingerprint density at radius 2 is 2.05 bits per heavy atom. The largest absolute Gasteiger partial charge is 0.507 e. The van der Waals surface area contributed by atoms with Crippen molar-refractivity contribution in [2.45, 2.75) is 32.4 Å². The van der Waals surface area contributed by atoms with E-state index in [0.717, 1.165) is 27.1 Å². The van der Waals surface area contributed by atoms with Gasteiger partial charge in [0, 0.05) is 12.0 Å². The van der Waals surface area contributed by atoms with Crippen LogP contribution < -0.4 is 14.4 Å². The number of fused-ring (bicyclic) bond motifs is 2. The van der Waals surface area contributed by atoms with Crippen molar-refractivity contribution in [3.8, 4) is 11.5 Å². The summed E-state index contributed by atoms with van der Waals surface area (Å²) in [5, 5.41) is 12.0. The molecule has 1 saturated heterocycles. The summed E-state index contributed by atoms with van der Waals surface area (Å²) in [5.41, 5.74) is 3.82. The Labute approximate surface area is 229 Å². The quantitative estimate of drug-likeness (QED) is 0.138. The molecule has 2 atom stereocenters. The number of thiazole rings is 1. The molecule has 1 amide bonds. The number of carbonyl (C=O) groups is 2. The van der Waals surface area contributed by atoms with Crippen LogP contribution in [0.2, 0.25) is 0 Å². The molecule has 39 heavy (non-hydrogen) atoms. The lowest BCUT2D eigenvalue weighted by molar-refractivity contribution is -0.132. The van der Waals surface area contributed by atoms with Crippen LogP contribution in [-0.4, -0.2) is 34.5 Å². The van der Waals surface area contributed by atoms with Gasteiger partial charge < -0.3 is 14.6 Å². The lowest BCUT2D eigenvalue weighted by Crippen LogP contribution is -2.29. The van der Waals surface area contributed by atoms with E-state index in [2.05, 4.69) is 6.58 Å². The SMILES string of the molecule is C=CCOc1cccc([C@@H]2/C(=C(\O)c3ccc4c(c3)C[C@H](C)O4)C(=O)C(=O)N2c2nc3ccc(C)cc3s2)c1. The molecule has 0 spiro atoms. The van der Waals surface area contributed by atoms with Crippen molar-refractivity contribution in [2.75, 3.05) is 11.5 Å². The van der Waals surface area contributed by atoms with E-state index in [-0.39, 0.29) is 17.4 Å². The molecule has 0 unspecified atom stereocenters. The first-order valence-corrected chi connectivity index (χ1v) is 13.5. The average molecular weight is 539 g/mol. The molecule has 3 aromatic carbocycles. The summed E-state index contributed by atoms with van der Waals surface area (Å²) in [6.45, 7) is 7.96. The summed E-state index contributed by atoms with van der Waals surface area (Å²) < 4.78 is 12.4. The summed E-state index contributed by atoms with van der Waals surface area (Å²) in [5.74, 6) is -0.435. The highest BCUT2D eigenvalue weighted by atomic mass is 32.1. The van der Waals surface area contributed by atoms with Gasteiger partial charge in [-0.15, -0.1) is 0 Å². The van der Waals surface area contributed by atoms with Crippen molar-refractivity contribution in [2.24, 2.45) is 0 Å². The number of hydrogen-bond donors (Lipinski definition) is 1. The summed E-state index contributed by atoms with van der Waals surface area (Å²) in [6.07, 6.45) is 2.37. The predicted octanol–water partition coefficient (Wildman–Crippen LogP) is 6.12. The minimum atomic E-state index is -0.901. The van der Waals surface area contributed by atoms with Crippen LogP contribution in [0.4, 0.5) is 5.13 Å². The fourth-order valence-corrected chi connectivity index (χ4v) is 6.21. The molecule has 8 heteroatoms. The maximum atomic E-state index is 13.6. The number of aryl methyl sites for hydroxylation is 1. The molecule has 1 fully saturated rings. The number of aliphatic hydroxyl groups is 1. The molecule has 0 aliphatic carbocycles. The molecular formula is C31H26N2O5S.